The second-order valence-corrected chi connectivity index (χ2v) is 5.62. The van der Waals surface area contributed by atoms with Crippen LogP contribution in [-0.2, 0) is 0 Å². The molecule has 3 rings (SSSR count). The van der Waals surface area contributed by atoms with Gasteiger partial charge in [0.1, 0.15) is 0 Å². The molecule has 0 radical (unpaired) electrons. The fourth-order valence-corrected chi connectivity index (χ4v) is 2.77. The van der Waals surface area contributed by atoms with Gasteiger partial charge >= 0.3 is 0 Å². The molecule has 0 heteroatoms. The van der Waals surface area contributed by atoms with Gasteiger partial charge in [0.2, 0.25) is 0 Å². The summed E-state index contributed by atoms with van der Waals surface area (Å²) in [4.78, 5) is 0. The van der Waals surface area contributed by atoms with Crippen LogP contribution in [0, 0.1) is 5.41 Å². The van der Waals surface area contributed by atoms with Crippen molar-refractivity contribution in [2.75, 3.05) is 0 Å². The maximum atomic E-state index is 4.24. The van der Waals surface area contributed by atoms with E-state index in [1.54, 1.807) is 0 Å². The fraction of sp³-hybridized carbons (Fsp3) is 0.200. The van der Waals surface area contributed by atoms with Crippen molar-refractivity contribution in [2.45, 2.75) is 20.3 Å². The molecule has 20 heavy (non-hydrogen) atoms. The highest BCUT2D eigenvalue weighted by molar-refractivity contribution is 6.01. The molecule has 0 aliphatic heterocycles. The average Bonchev–Trinajstić information content (AvgIpc) is 3.17. The summed E-state index contributed by atoms with van der Waals surface area (Å²) >= 11 is 0. The molecule has 0 spiro atoms. The Kier molecular flexibility index (Phi) is 3.10. The van der Waals surface area contributed by atoms with Gasteiger partial charge in [0, 0.05) is 5.41 Å². The molecular formula is C20H20. The standard InChI is InChI=1S/C20H20/c1-4-5-9-15(2)20(3)14-19(20)18-13-8-11-16-10-6-7-12-17(16)18/h5-14H,2,4H2,1,3H3/b9-5-. The number of fused-ring (bicyclic) bond motifs is 1. The van der Waals surface area contributed by atoms with Crippen LogP contribution in [0.25, 0.3) is 16.3 Å². The van der Waals surface area contributed by atoms with Gasteiger partial charge in [-0.05, 0) is 40.8 Å². The van der Waals surface area contributed by atoms with Crippen molar-refractivity contribution in [3.63, 3.8) is 0 Å². The van der Waals surface area contributed by atoms with Gasteiger partial charge in [-0.15, -0.1) is 0 Å². The summed E-state index contributed by atoms with van der Waals surface area (Å²) in [5.74, 6) is 0. The highest BCUT2D eigenvalue weighted by Gasteiger charge is 2.41. The largest absolute Gasteiger partial charge is 0.0946 e. The molecular weight excluding hydrogens is 240 g/mol. The first-order chi connectivity index (χ1) is 9.66. The number of allylic oxidation sites excluding steroid dienone is 5. The summed E-state index contributed by atoms with van der Waals surface area (Å²) in [6.45, 7) is 8.65. The lowest BCUT2D eigenvalue weighted by atomic mass is 9.89. The topological polar surface area (TPSA) is 0 Å². The molecule has 1 unspecified atom stereocenters. The van der Waals surface area contributed by atoms with Crippen molar-refractivity contribution in [3.05, 3.63) is 78.4 Å². The first-order valence-electron chi connectivity index (χ1n) is 7.24. The van der Waals surface area contributed by atoms with Crippen LogP contribution < -0.4 is 0 Å². The van der Waals surface area contributed by atoms with Gasteiger partial charge in [0.25, 0.3) is 0 Å². The van der Waals surface area contributed by atoms with E-state index in [-0.39, 0.29) is 5.41 Å². The van der Waals surface area contributed by atoms with E-state index in [0.29, 0.717) is 0 Å². The molecule has 0 aromatic heterocycles. The highest BCUT2D eigenvalue weighted by Crippen LogP contribution is 2.56. The Morgan fingerprint density at radius 2 is 1.90 bits per heavy atom. The average molecular weight is 260 g/mol. The van der Waals surface area contributed by atoms with Crippen LogP contribution in [0.3, 0.4) is 0 Å². The van der Waals surface area contributed by atoms with Gasteiger partial charge in [-0.3, -0.25) is 0 Å². The first kappa shape index (κ1) is 12.9. The summed E-state index contributed by atoms with van der Waals surface area (Å²) in [5, 5.41) is 2.63. The molecule has 100 valence electrons. The monoisotopic (exact) mass is 260 g/mol. The van der Waals surface area contributed by atoms with E-state index in [1.807, 2.05) is 0 Å². The smallest absolute Gasteiger partial charge is 0.0357 e. The Balaban J connectivity index is 1.97. The van der Waals surface area contributed by atoms with Gasteiger partial charge < -0.3 is 0 Å². The molecule has 0 saturated heterocycles. The summed E-state index contributed by atoms with van der Waals surface area (Å²) in [5.41, 5.74) is 3.97. The lowest BCUT2D eigenvalue weighted by Crippen LogP contribution is -2.01. The van der Waals surface area contributed by atoms with Gasteiger partial charge in [0.15, 0.2) is 0 Å². The Morgan fingerprint density at radius 3 is 2.70 bits per heavy atom. The molecule has 0 N–H and O–H groups in total. The van der Waals surface area contributed by atoms with Crippen molar-refractivity contribution in [1.82, 2.24) is 0 Å². The van der Waals surface area contributed by atoms with Crippen LogP contribution in [0.2, 0.25) is 0 Å². The Morgan fingerprint density at radius 1 is 1.15 bits per heavy atom. The van der Waals surface area contributed by atoms with E-state index in [1.165, 1.54) is 27.5 Å². The molecule has 2 aromatic carbocycles. The first-order valence-corrected chi connectivity index (χ1v) is 7.24. The van der Waals surface area contributed by atoms with E-state index in [9.17, 15) is 0 Å². The molecule has 0 saturated carbocycles. The van der Waals surface area contributed by atoms with Gasteiger partial charge in [-0.25, -0.2) is 0 Å². The maximum Gasteiger partial charge on any atom is 0.0357 e. The minimum Gasteiger partial charge on any atom is -0.0946 e. The van der Waals surface area contributed by atoms with Crippen LogP contribution in [0.5, 0.6) is 0 Å². The zero-order chi connectivity index (χ0) is 14.2. The number of benzene rings is 2. The van der Waals surface area contributed by atoms with Crippen molar-refractivity contribution in [3.8, 4) is 0 Å². The molecule has 0 fully saturated rings. The number of rotatable bonds is 4. The van der Waals surface area contributed by atoms with E-state index < -0.39 is 0 Å². The van der Waals surface area contributed by atoms with Crippen molar-refractivity contribution < 1.29 is 0 Å². The number of hydrogen-bond donors (Lipinski definition) is 0. The summed E-state index contributed by atoms with van der Waals surface area (Å²) in [6.07, 6.45) is 7.73. The molecule has 0 heterocycles. The predicted molar refractivity (Wildman–Crippen MR) is 88.6 cm³/mol. The zero-order valence-electron chi connectivity index (χ0n) is 12.2. The summed E-state index contributed by atoms with van der Waals surface area (Å²) in [6, 6.07) is 15.1. The van der Waals surface area contributed by atoms with Crippen LogP contribution in [0.4, 0.5) is 0 Å². The maximum absolute atomic E-state index is 4.24. The molecule has 0 bridgehead atoms. The van der Waals surface area contributed by atoms with Crippen LogP contribution in [0.1, 0.15) is 25.8 Å². The van der Waals surface area contributed by atoms with Crippen LogP contribution >= 0.6 is 0 Å². The quantitative estimate of drug-likeness (QED) is 0.612. The predicted octanol–water partition coefficient (Wildman–Crippen LogP) is 5.77. The third kappa shape index (κ3) is 2.02. The van der Waals surface area contributed by atoms with Gasteiger partial charge in [0.05, 0.1) is 0 Å². The van der Waals surface area contributed by atoms with E-state index in [4.69, 9.17) is 0 Å². The Bertz CT molecular complexity index is 725. The van der Waals surface area contributed by atoms with E-state index in [2.05, 4.69) is 81.1 Å². The zero-order valence-corrected chi connectivity index (χ0v) is 12.2. The van der Waals surface area contributed by atoms with E-state index in [0.717, 1.165) is 6.42 Å². The molecule has 0 amide bonds. The second kappa shape index (κ2) is 4.79. The molecule has 1 aliphatic rings. The second-order valence-electron chi connectivity index (χ2n) is 5.62. The van der Waals surface area contributed by atoms with Crippen molar-refractivity contribution in [2.24, 2.45) is 5.41 Å². The van der Waals surface area contributed by atoms with Crippen molar-refractivity contribution >= 4 is 16.3 Å². The van der Waals surface area contributed by atoms with Crippen LogP contribution in [-0.4, -0.2) is 0 Å². The third-order valence-electron chi connectivity index (χ3n) is 4.21. The molecule has 0 nitrogen and oxygen atoms in total. The molecule has 1 atom stereocenters. The lowest BCUT2D eigenvalue weighted by molar-refractivity contribution is 0.809. The van der Waals surface area contributed by atoms with Crippen molar-refractivity contribution in [1.29, 1.82) is 0 Å². The lowest BCUT2D eigenvalue weighted by Gasteiger charge is -2.14. The third-order valence-corrected chi connectivity index (χ3v) is 4.21. The van der Waals surface area contributed by atoms with Gasteiger partial charge in [-0.1, -0.05) is 74.2 Å². The van der Waals surface area contributed by atoms with E-state index >= 15 is 0 Å². The van der Waals surface area contributed by atoms with Crippen LogP contribution in [0.15, 0.2) is 72.8 Å². The molecule has 1 aliphatic carbocycles. The normalized spacial score (nSPS) is 21.2. The Hall–Kier alpha value is -2.08. The minimum atomic E-state index is 0.0375. The summed E-state index contributed by atoms with van der Waals surface area (Å²) < 4.78 is 0. The molecule has 2 aromatic rings. The SMILES string of the molecule is C=C(/C=C\CC)C1(C)C=C1c1cccc2ccccc12. The fourth-order valence-electron chi connectivity index (χ4n) is 2.77. The summed E-state index contributed by atoms with van der Waals surface area (Å²) in [7, 11) is 0. The van der Waals surface area contributed by atoms with Gasteiger partial charge in [-0.2, -0.15) is 0 Å². The number of hydrogen-bond acceptors (Lipinski definition) is 0. The Labute approximate surface area is 121 Å². The highest BCUT2D eigenvalue weighted by atomic mass is 14.4. The minimum absolute atomic E-state index is 0.0375.